The molecular formula is C12H18N2O2. The van der Waals surface area contributed by atoms with E-state index in [0.29, 0.717) is 11.5 Å². The number of pyridine rings is 1. The number of aromatic nitrogens is 1. The molecule has 0 fully saturated rings. The lowest BCUT2D eigenvalue weighted by Crippen LogP contribution is -2.38. The Morgan fingerprint density at radius 1 is 1.56 bits per heavy atom. The van der Waals surface area contributed by atoms with Crippen LogP contribution in [0, 0.1) is 5.92 Å². The zero-order chi connectivity index (χ0) is 12.0. The monoisotopic (exact) mass is 222 g/mol. The minimum absolute atomic E-state index is 0.0375. The predicted octanol–water partition coefficient (Wildman–Crippen LogP) is 1.22. The number of nitrogens with one attached hydrogen (secondary N) is 1. The van der Waals surface area contributed by atoms with Gasteiger partial charge in [-0.3, -0.25) is 9.78 Å². The zero-order valence-corrected chi connectivity index (χ0v) is 9.68. The molecule has 1 rings (SSSR count). The Labute approximate surface area is 95.7 Å². The lowest BCUT2D eigenvalue weighted by molar-refractivity contribution is 0.0908. The largest absolute Gasteiger partial charge is 0.394 e. The van der Waals surface area contributed by atoms with E-state index in [1.54, 1.807) is 18.3 Å². The first-order valence-corrected chi connectivity index (χ1v) is 5.45. The fourth-order valence-corrected chi connectivity index (χ4v) is 1.51. The van der Waals surface area contributed by atoms with E-state index in [4.69, 9.17) is 5.11 Å². The molecule has 1 amide bonds. The van der Waals surface area contributed by atoms with Crippen LogP contribution in [0.3, 0.4) is 0 Å². The molecule has 88 valence electrons. The summed E-state index contributed by atoms with van der Waals surface area (Å²) in [6.45, 7) is 4.07. The van der Waals surface area contributed by atoms with Crippen molar-refractivity contribution in [2.45, 2.75) is 26.3 Å². The second-order valence-electron chi connectivity index (χ2n) is 4.22. The molecule has 16 heavy (non-hydrogen) atoms. The Morgan fingerprint density at radius 3 is 2.81 bits per heavy atom. The highest BCUT2D eigenvalue weighted by atomic mass is 16.3. The quantitative estimate of drug-likeness (QED) is 0.787. The third-order valence-corrected chi connectivity index (χ3v) is 2.24. The lowest BCUT2D eigenvalue weighted by Gasteiger charge is -2.18. The molecule has 1 atom stereocenters. The van der Waals surface area contributed by atoms with Crippen LogP contribution in [0.4, 0.5) is 0 Å². The van der Waals surface area contributed by atoms with Gasteiger partial charge in [-0.15, -0.1) is 0 Å². The Kier molecular flexibility index (Phi) is 4.92. The first-order valence-electron chi connectivity index (χ1n) is 5.45. The van der Waals surface area contributed by atoms with Crippen molar-refractivity contribution in [2.24, 2.45) is 5.92 Å². The van der Waals surface area contributed by atoms with E-state index in [2.05, 4.69) is 24.1 Å². The van der Waals surface area contributed by atoms with Crippen molar-refractivity contribution in [3.63, 3.8) is 0 Å². The molecule has 0 bridgehead atoms. The van der Waals surface area contributed by atoms with Gasteiger partial charge in [0.25, 0.3) is 5.91 Å². The summed E-state index contributed by atoms with van der Waals surface area (Å²) in [6, 6.07) is 3.23. The number of nitrogens with zero attached hydrogens (tertiary/aromatic N) is 1. The fourth-order valence-electron chi connectivity index (χ4n) is 1.51. The van der Waals surface area contributed by atoms with Crippen molar-refractivity contribution in [3.05, 3.63) is 30.1 Å². The number of aliphatic hydroxyl groups excluding tert-OH is 1. The highest BCUT2D eigenvalue weighted by molar-refractivity contribution is 5.93. The van der Waals surface area contributed by atoms with Gasteiger partial charge in [0, 0.05) is 12.4 Å². The highest BCUT2D eigenvalue weighted by Crippen LogP contribution is 2.05. The Balaban J connectivity index is 2.56. The van der Waals surface area contributed by atoms with Gasteiger partial charge in [-0.2, -0.15) is 0 Å². The lowest BCUT2D eigenvalue weighted by atomic mass is 10.0. The van der Waals surface area contributed by atoms with Crippen molar-refractivity contribution in [1.29, 1.82) is 0 Å². The first kappa shape index (κ1) is 12.6. The summed E-state index contributed by atoms with van der Waals surface area (Å²) in [7, 11) is 0. The van der Waals surface area contributed by atoms with Gasteiger partial charge in [0.1, 0.15) is 0 Å². The third kappa shape index (κ3) is 3.98. The summed E-state index contributed by atoms with van der Waals surface area (Å²) in [6.07, 6.45) is 3.90. The van der Waals surface area contributed by atoms with Crippen molar-refractivity contribution in [1.82, 2.24) is 10.3 Å². The van der Waals surface area contributed by atoms with Crippen molar-refractivity contribution in [2.75, 3.05) is 6.61 Å². The van der Waals surface area contributed by atoms with Crippen molar-refractivity contribution < 1.29 is 9.90 Å². The van der Waals surface area contributed by atoms with Crippen LogP contribution >= 0.6 is 0 Å². The zero-order valence-electron chi connectivity index (χ0n) is 9.68. The van der Waals surface area contributed by atoms with Gasteiger partial charge >= 0.3 is 0 Å². The maximum absolute atomic E-state index is 11.7. The van der Waals surface area contributed by atoms with Crippen LogP contribution in [0.15, 0.2) is 24.5 Å². The molecule has 4 heteroatoms. The van der Waals surface area contributed by atoms with Gasteiger partial charge < -0.3 is 10.4 Å². The molecule has 0 saturated heterocycles. The smallest absolute Gasteiger partial charge is 0.253 e. The van der Waals surface area contributed by atoms with Crippen LogP contribution in [-0.2, 0) is 0 Å². The topological polar surface area (TPSA) is 62.2 Å². The van der Waals surface area contributed by atoms with Crippen LogP contribution in [0.5, 0.6) is 0 Å². The van der Waals surface area contributed by atoms with E-state index >= 15 is 0 Å². The first-order chi connectivity index (χ1) is 7.63. The number of aliphatic hydroxyl groups is 1. The van der Waals surface area contributed by atoms with E-state index in [9.17, 15) is 4.79 Å². The van der Waals surface area contributed by atoms with E-state index in [-0.39, 0.29) is 18.6 Å². The predicted molar refractivity (Wildman–Crippen MR) is 62.0 cm³/mol. The van der Waals surface area contributed by atoms with Crippen LogP contribution in [-0.4, -0.2) is 28.6 Å². The van der Waals surface area contributed by atoms with E-state index < -0.39 is 0 Å². The molecule has 0 radical (unpaired) electrons. The number of amides is 1. The average Bonchev–Trinajstić information content (AvgIpc) is 2.28. The van der Waals surface area contributed by atoms with Crippen molar-refractivity contribution in [3.8, 4) is 0 Å². The molecular weight excluding hydrogens is 204 g/mol. The van der Waals surface area contributed by atoms with Gasteiger partial charge in [0.15, 0.2) is 0 Å². The molecule has 1 aromatic heterocycles. The maximum atomic E-state index is 11.7. The summed E-state index contributed by atoms with van der Waals surface area (Å²) in [5.41, 5.74) is 0.518. The number of rotatable bonds is 5. The van der Waals surface area contributed by atoms with Crippen LogP contribution in [0.25, 0.3) is 0 Å². The molecule has 1 aromatic rings. The molecule has 0 aliphatic carbocycles. The van der Waals surface area contributed by atoms with Crippen LogP contribution in [0.1, 0.15) is 30.6 Å². The summed E-state index contributed by atoms with van der Waals surface area (Å²) >= 11 is 0. The van der Waals surface area contributed by atoms with Gasteiger partial charge in [-0.05, 0) is 24.5 Å². The maximum Gasteiger partial charge on any atom is 0.253 e. The van der Waals surface area contributed by atoms with E-state index in [1.807, 2.05) is 0 Å². The van der Waals surface area contributed by atoms with Gasteiger partial charge in [-0.1, -0.05) is 13.8 Å². The minimum atomic E-state index is -0.187. The Bertz CT molecular complexity index is 325. The number of carbonyl (C=O) groups is 1. The SMILES string of the molecule is CC(C)C[C@H](CO)NC(=O)c1cccnc1. The molecule has 4 nitrogen and oxygen atoms in total. The summed E-state index contributed by atoms with van der Waals surface area (Å²) in [5.74, 6) is 0.249. The molecule has 0 aromatic carbocycles. The molecule has 1 heterocycles. The normalized spacial score (nSPS) is 12.5. The van der Waals surface area contributed by atoms with Gasteiger partial charge in [0.2, 0.25) is 0 Å². The average molecular weight is 222 g/mol. The van der Waals surface area contributed by atoms with E-state index in [0.717, 1.165) is 6.42 Å². The molecule has 0 aliphatic rings. The minimum Gasteiger partial charge on any atom is -0.394 e. The molecule has 0 aliphatic heterocycles. The Hall–Kier alpha value is -1.42. The second-order valence-corrected chi connectivity index (χ2v) is 4.22. The van der Waals surface area contributed by atoms with Crippen LogP contribution in [0.2, 0.25) is 0 Å². The number of carbonyl (C=O) groups excluding carboxylic acids is 1. The standard InChI is InChI=1S/C12H18N2O2/c1-9(2)6-11(8-15)14-12(16)10-4-3-5-13-7-10/h3-5,7,9,11,15H,6,8H2,1-2H3,(H,14,16)/t11-/m1/s1. The molecule has 0 saturated carbocycles. The van der Waals surface area contributed by atoms with Crippen molar-refractivity contribution >= 4 is 5.91 Å². The number of hydrogen-bond acceptors (Lipinski definition) is 3. The van der Waals surface area contributed by atoms with Crippen LogP contribution < -0.4 is 5.32 Å². The van der Waals surface area contributed by atoms with Gasteiger partial charge in [-0.25, -0.2) is 0 Å². The summed E-state index contributed by atoms with van der Waals surface area (Å²) < 4.78 is 0. The second kappa shape index (κ2) is 6.23. The van der Waals surface area contributed by atoms with Gasteiger partial charge in [0.05, 0.1) is 18.2 Å². The Morgan fingerprint density at radius 2 is 2.31 bits per heavy atom. The number of hydrogen-bond donors (Lipinski definition) is 2. The molecule has 0 spiro atoms. The third-order valence-electron chi connectivity index (χ3n) is 2.24. The summed E-state index contributed by atoms with van der Waals surface area (Å²) in [5, 5.41) is 11.9. The highest BCUT2D eigenvalue weighted by Gasteiger charge is 2.14. The molecule has 2 N–H and O–H groups in total. The summed E-state index contributed by atoms with van der Waals surface area (Å²) in [4.78, 5) is 15.6. The van der Waals surface area contributed by atoms with E-state index in [1.165, 1.54) is 6.20 Å². The molecule has 0 unspecified atom stereocenters. The fraction of sp³-hybridized carbons (Fsp3) is 0.500.